The number of phenolic OH excluding ortho intramolecular Hbond substituents is 1. The minimum absolute atomic E-state index is 0.0462. The molecule has 1 aromatic rings. The zero-order valence-electron chi connectivity index (χ0n) is 6.43. The van der Waals surface area contributed by atoms with Crippen LogP contribution in [0.2, 0.25) is 0 Å². The summed E-state index contributed by atoms with van der Waals surface area (Å²) in [5, 5.41) is 9.17. The van der Waals surface area contributed by atoms with Crippen LogP contribution in [0, 0.1) is 0 Å². The molecule has 0 spiro atoms. The maximum atomic E-state index is 10.6. The Bertz CT molecular complexity index is 440. The molecule has 0 saturated carbocycles. The maximum Gasteiger partial charge on any atom is 0.298 e. The van der Waals surface area contributed by atoms with Crippen molar-refractivity contribution in [1.29, 1.82) is 0 Å². The minimum Gasteiger partial charge on any atom is -0.504 e. The van der Waals surface area contributed by atoms with Crippen molar-refractivity contribution in [3.05, 3.63) is 12.1 Å². The third kappa shape index (κ3) is 1.65. The lowest BCUT2D eigenvalue weighted by molar-refractivity contribution is 0.445. The van der Waals surface area contributed by atoms with Crippen LogP contribution in [0.4, 0.5) is 11.4 Å². The molecule has 0 fully saturated rings. The van der Waals surface area contributed by atoms with Gasteiger partial charge in [-0.15, -0.1) is 0 Å². The molecule has 0 aliphatic carbocycles. The molecular weight excluding hydrogens is 196 g/mol. The molecule has 6 N–H and O–H groups in total. The van der Waals surface area contributed by atoms with Gasteiger partial charge in [-0.2, -0.15) is 8.42 Å². The summed E-state index contributed by atoms with van der Waals surface area (Å²) in [7, 11) is -4.46. The third-order valence-corrected chi connectivity index (χ3v) is 2.38. The number of nitrogen functional groups attached to an aromatic ring is 2. The van der Waals surface area contributed by atoms with Crippen molar-refractivity contribution in [1.82, 2.24) is 0 Å². The SMILES string of the molecule is Nc1ccc(S(=O)(=O)O)c(O)c1N. The van der Waals surface area contributed by atoms with E-state index in [1.807, 2.05) is 0 Å². The molecule has 1 aromatic carbocycles. The standard InChI is InChI=1S/C6H8N2O4S/c7-3-1-2-4(13(10,11)12)6(9)5(3)8/h1-2,9H,7-8H2,(H,10,11,12). The first-order valence-corrected chi connectivity index (χ1v) is 4.62. The van der Waals surface area contributed by atoms with Gasteiger partial charge in [-0.25, -0.2) is 0 Å². The Morgan fingerprint density at radius 2 is 1.77 bits per heavy atom. The van der Waals surface area contributed by atoms with E-state index in [0.717, 1.165) is 6.07 Å². The number of hydrogen-bond acceptors (Lipinski definition) is 5. The Morgan fingerprint density at radius 1 is 1.23 bits per heavy atom. The van der Waals surface area contributed by atoms with Gasteiger partial charge < -0.3 is 16.6 Å². The van der Waals surface area contributed by atoms with Gasteiger partial charge in [-0.3, -0.25) is 4.55 Å². The molecule has 7 heteroatoms. The first-order valence-electron chi connectivity index (χ1n) is 3.18. The van der Waals surface area contributed by atoms with E-state index in [1.54, 1.807) is 0 Å². The van der Waals surface area contributed by atoms with Crippen molar-refractivity contribution in [3.8, 4) is 5.75 Å². The molecule has 1 rings (SSSR count). The van der Waals surface area contributed by atoms with Crippen LogP contribution in [-0.4, -0.2) is 18.1 Å². The van der Waals surface area contributed by atoms with Gasteiger partial charge in [0.15, 0.2) is 5.75 Å². The van der Waals surface area contributed by atoms with E-state index in [4.69, 9.17) is 21.1 Å². The molecule has 72 valence electrons. The lowest BCUT2D eigenvalue weighted by Gasteiger charge is -2.05. The quantitative estimate of drug-likeness (QED) is 0.285. The summed E-state index contributed by atoms with van der Waals surface area (Å²) in [6, 6.07) is 2.15. The predicted molar refractivity (Wildman–Crippen MR) is 46.7 cm³/mol. The Balaban J connectivity index is 3.53. The summed E-state index contributed by atoms with van der Waals surface area (Å²) < 4.78 is 29.8. The highest BCUT2D eigenvalue weighted by Gasteiger charge is 2.18. The summed E-state index contributed by atoms with van der Waals surface area (Å²) in [6.45, 7) is 0. The van der Waals surface area contributed by atoms with E-state index in [1.165, 1.54) is 6.07 Å². The van der Waals surface area contributed by atoms with Crippen LogP contribution >= 0.6 is 0 Å². The van der Waals surface area contributed by atoms with Crippen molar-refractivity contribution in [2.24, 2.45) is 0 Å². The lowest BCUT2D eigenvalue weighted by Crippen LogP contribution is -2.02. The second kappa shape index (κ2) is 2.79. The lowest BCUT2D eigenvalue weighted by atomic mass is 10.2. The highest BCUT2D eigenvalue weighted by atomic mass is 32.2. The molecule has 0 aliphatic heterocycles. The Labute approximate surface area is 74.5 Å². The minimum atomic E-state index is -4.46. The van der Waals surface area contributed by atoms with Crippen molar-refractivity contribution in [3.63, 3.8) is 0 Å². The number of benzene rings is 1. The molecule has 0 bridgehead atoms. The van der Waals surface area contributed by atoms with Crippen molar-refractivity contribution in [2.45, 2.75) is 4.90 Å². The van der Waals surface area contributed by atoms with Gasteiger partial charge in [0.05, 0.1) is 11.4 Å². The van der Waals surface area contributed by atoms with Gasteiger partial charge in [-0.05, 0) is 12.1 Å². The van der Waals surface area contributed by atoms with Gasteiger partial charge in [0, 0.05) is 0 Å². The molecule has 13 heavy (non-hydrogen) atoms. The van der Waals surface area contributed by atoms with Gasteiger partial charge in [0.25, 0.3) is 10.1 Å². The molecule has 0 unspecified atom stereocenters. The van der Waals surface area contributed by atoms with Gasteiger partial charge in [-0.1, -0.05) is 0 Å². The highest BCUT2D eigenvalue weighted by Crippen LogP contribution is 2.32. The van der Waals surface area contributed by atoms with E-state index in [2.05, 4.69) is 0 Å². The average molecular weight is 204 g/mol. The highest BCUT2D eigenvalue weighted by molar-refractivity contribution is 7.86. The number of rotatable bonds is 1. The van der Waals surface area contributed by atoms with E-state index in [9.17, 15) is 8.42 Å². The molecule has 0 heterocycles. The van der Waals surface area contributed by atoms with Gasteiger partial charge >= 0.3 is 0 Å². The Morgan fingerprint density at radius 3 is 2.23 bits per heavy atom. The summed E-state index contributed by atoms with van der Waals surface area (Å²) in [6.07, 6.45) is 0. The fourth-order valence-electron chi connectivity index (χ4n) is 0.812. The normalized spacial score (nSPS) is 11.5. The van der Waals surface area contributed by atoms with E-state index >= 15 is 0 Å². The summed E-state index contributed by atoms with van der Waals surface area (Å²) in [5.74, 6) is -0.734. The monoisotopic (exact) mass is 204 g/mol. The van der Waals surface area contributed by atoms with Crippen LogP contribution in [0.25, 0.3) is 0 Å². The van der Waals surface area contributed by atoms with E-state index < -0.39 is 20.8 Å². The molecule has 0 radical (unpaired) electrons. The zero-order valence-corrected chi connectivity index (χ0v) is 7.25. The Hall–Kier alpha value is -1.47. The topological polar surface area (TPSA) is 127 Å². The second-order valence-electron chi connectivity index (χ2n) is 2.39. The average Bonchev–Trinajstić information content (AvgIpc) is 1.98. The predicted octanol–water partition coefficient (Wildman–Crippen LogP) is -0.197. The van der Waals surface area contributed by atoms with Crippen molar-refractivity contribution in [2.75, 3.05) is 11.5 Å². The third-order valence-electron chi connectivity index (χ3n) is 1.49. The molecular formula is C6H8N2O4S. The van der Waals surface area contributed by atoms with Crippen LogP contribution in [-0.2, 0) is 10.1 Å². The number of aromatic hydroxyl groups is 1. The zero-order chi connectivity index (χ0) is 10.2. The summed E-state index contributed by atoms with van der Waals surface area (Å²) in [5.41, 5.74) is 10.3. The maximum absolute atomic E-state index is 10.6. The largest absolute Gasteiger partial charge is 0.504 e. The van der Waals surface area contributed by atoms with Crippen LogP contribution in [0.1, 0.15) is 0 Å². The summed E-state index contributed by atoms with van der Waals surface area (Å²) in [4.78, 5) is -0.654. The van der Waals surface area contributed by atoms with Gasteiger partial charge in [0.2, 0.25) is 0 Å². The molecule has 0 saturated heterocycles. The number of nitrogens with two attached hydrogens (primary N) is 2. The van der Waals surface area contributed by atoms with Crippen molar-refractivity contribution < 1.29 is 18.1 Å². The number of hydrogen-bond donors (Lipinski definition) is 4. The molecule has 6 nitrogen and oxygen atoms in total. The van der Waals surface area contributed by atoms with Crippen LogP contribution in [0.5, 0.6) is 5.75 Å². The van der Waals surface area contributed by atoms with Gasteiger partial charge in [0.1, 0.15) is 4.90 Å². The summed E-state index contributed by atoms with van der Waals surface area (Å²) >= 11 is 0. The fourth-order valence-corrected chi connectivity index (χ4v) is 1.41. The molecule has 0 aliphatic rings. The van der Waals surface area contributed by atoms with E-state index in [0.29, 0.717) is 0 Å². The first kappa shape index (κ1) is 9.62. The van der Waals surface area contributed by atoms with Crippen LogP contribution < -0.4 is 11.5 Å². The van der Waals surface area contributed by atoms with Crippen LogP contribution in [0.3, 0.4) is 0 Å². The molecule has 0 amide bonds. The number of anilines is 2. The second-order valence-corrected chi connectivity index (χ2v) is 3.78. The Kier molecular flexibility index (Phi) is 2.06. The fraction of sp³-hybridized carbons (Fsp3) is 0. The smallest absolute Gasteiger partial charge is 0.298 e. The number of phenols is 1. The van der Waals surface area contributed by atoms with Crippen LogP contribution in [0.15, 0.2) is 17.0 Å². The van der Waals surface area contributed by atoms with Crippen molar-refractivity contribution >= 4 is 21.5 Å². The molecule has 0 aromatic heterocycles. The molecule has 0 atom stereocenters. The first-order chi connectivity index (χ1) is 5.84. The van der Waals surface area contributed by atoms with E-state index in [-0.39, 0.29) is 11.4 Å².